The van der Waals surface area contributed by atoms with Gasteiger partial charge in [0, 0.05) is 0 Å². The van der Waals surface area contributed by atoms with Crippen LogP contribution in [0.1, 0.15) is 5.56 Å². The molecule has 2 nitrogen and oxygen atoms in total. The number of oxime groups is 1. The van der Waals surface area contributed by atoms with Crippen LogP contribution in [0.4, 0.5) is 8.78 Å². The highest BCUT2D eigenvalue weighted by Crippen LogP contribution is 2.21. The molecule has 0 aliphatic carbocycles. The summed E-state index contributed by atoms with van der Waals surface area (Å²) in [7, 11) is 0. The molecule has 1 aromatic carbocycles. The molecule has 0 atom stereocenters. The summed E-state index contributed by atoms with van der Waals surface area (Å²) in [4.78, 5) is 0. The number of hydrogen-bond acceptors (Lipinski definition) is 2. The molecule has 70 valence electrons. The van der Waals surface area contributed by atoms with Gasteiger partial charge in [0.25, 0.3) is 0 Å². The Hall–Kier alpha value is -0.870. The van der Waals surface area contributed by atoms with Crippen LogP contribution >= 0.6 is 23.2 Å². The second-order valence-electron chi connectivity index (χ2n) is 2.11. The van der Waals surface area contributed by atoms with Crippen molar-refractivity contribution in [2.75, 3.05) is 0 Å². The first-order valence-corrected chi connectivity index (χ1v) is 3.85. The van der Waals surface area contributed by atoms with Crippen LogP contribution in [-0.2, 0) is 0 Å². The third kappa shape index (κ3) is 1.89. The molecule has 0 saturated heterocycles. The Kier molecular flexibility index (Phi) is 3.06. The lowest BCUT2D eigenvalue weighted by Crippen LogP contribution is -1.99. The molecule has 0 saturated carbocycles. The van der Waals surface area contributed by atoms with Crippen molar-refractivity contribution in [1.29, 1.82) is 0 Å². The Labute approximate surface area is 82.4 Å². The molecule has 1 rings (SSSR count). The SMILES string of the molecule is ON=C(Cl)c1ccc(Cl)c(F)c1F. The van der Waals surface area contributed by atoms with E-state index in [1.54, 1.807) is 0 Å². The monoisotopic (exact) mass is 225 g/mol. The van der Waals surface area contributed by atoms with E-state index < -0.39 is 16.8 Å². The van der Waals surface area contributed by atoms with Crippen molar-refractivity contribution in [2.24, 2.45) is 5.16 Å². The Balaban J connectivity index is 3.34. The van der Waals surface area contributed by atoms with E-state index in [1.807, 2.05) is 0 Å². The fraction of sp³-hybridized carbons (Fsp3) is 0. The van der Waals surface area contributed by atoms with Crippen LogP contribution < -0.4 is 0 Å². The summed E-state index contributed by atoms with van der Waals surface area (Å²) in [5.41, 5.74) is -0.342. The molecule has 0 bridgehead atoms. The second-order valence-corrected chi connectivity index (χ2v) is 2.88. The minimum Gasteiger partial charge on any atom is -0.410 e. The van der Waals surface area contributed by atoms with E-state index in [-0.39, 0.29) is 10.6 Å². The lowest BCUT2D eigenvalue weighted by atomic mass is 10.2. The lowest BCUT2D eigenvalue weighted by Gasteiger charge is -2.01. The predicted octanol–water partition coefficient (Wildman–Crippen LogP) is 2.99. The lowest BCUT2D eigenvalue weighted by molar-refractivity contribution is 0.320. The average Bonchev–Trinajstić information content (AvgIpc) is 2.13. The zero-order valence-corrected chi connectivity index (χ0v) is 7.57. The molecule has 0 unspecified atom stereocenters. The van der Waals surface area contributed by atoms with Gasteiger partial charge < -0.3 is 5.21 Å². The van der Waals surface area contributed by atoms with E-state index >= 15 is 0 Å². The van der Waals surface area contributed by atoms with Gasteiger partial charge >= 0.3 is 0 Å². The van der Waals surface area contributed by atoms with Gasteiger partial charge in [0.2, 0.25) is 0 Å². The van der Waals surface area contributed by atoms with Gasteiger partial charge in [-0.3, -0.25) is 0 Å². The van der Waals surface area contributed by atoms with Crippen molar-refractivity contribution >= 4 is 28.4 Å². The smallest absolute Gasteiger partial charge is 0.178 e. The summed E-state index contributed by atoms with van der Waals surface area (Å²) in [5.74, 6) is -2.46. The topological polar surface area (TPSA) is 32.6 Å². The van der Waals surface area contributed by atoms with Crippen molar-refractivity contribution in [1.82, 2.24) is 0 Å². The van der Waals surface area contributed by atoms with E-state index in [4.69, 9.17) is 28.4 Å². The van der Waals surface area contributed by atoms with Crippen LogP contribution in [0.5, 0.6) is 0 Å². The highest BCUT2D eigenvalue weighted by Gasteiger charge is 2.15. The van der Waals surface area contributed by atoms with Crippen LogP contribution in [0.2, 0.25) is 5.02 Å². The molecular formula is C7H3Cl2F2NO. The summed E-state index contributed by atoms with van der Waals surface area (Å²) in [6.45, 7) is 0. The highest BCUT2D eigenvalue weighted by molar-refractivity contribution is 6.69. The largest absolute Gasteiger partial charge is 0.410 e. The van der Waals surface area contributed by atoms with E-state index in [9.17, 15) is 8.78 Å². The molecule has 0 radical (unpaired) electrons. The molecule has 0 fully saturated rings. The maximum Gasteiger partial charge on any atom is 0.178 e. The summed E-state index contributed by atoms with van der Waals surface area (Å²) < 4.78 is 25.7. The van der Waals surface area contributed by atoms with E-state index in [1.165, 1.54) is 0 Å². The zero-order chi connectivity index (χ0) is 10.0. The molecule has 0 aliphatic rings. The van der Waals surface area contributed by atoms with E-state index in [0.29, 0.717) is 0 Å². The summed E-state index contributed by atoms with van der Waals surface area (Å²) in [6, 6.07) is 2.23. The van der Waals surface area contributed by atoms with Gasteiger partial charge in [-0.05, 0) is 12.1 Å². The molecular weight excluding hydrogens is 223 g/mol. The maximum absolute atomic E-state index is 13.0. The van der Waals surface area contributed by atoms with Crippen LogP contribution in [-0.4, -0.2) is 10.4 Å². The van der Waals surface area contributed by atoms with Gasteiger partial charge in [-0.1, -0.05) is 28.4 Å². The third-order valence-electron chi connectivity index (χ3n) is 1.35. The molecule has 0 spiro atoms. The summed E-state index contributed by atoms with van der Waals surface area (Å²) in [5, 5.41) is 9.84. The predicted molar refractivity (Wildman–Crippen MR) is 45.5 cm³/mol. The maximum atomic E-state index is 13.0. The molecule has 0 aromatic heterocycles. The van der Waals surface area contributed by atoms with Gasteiger partial charge in [0.1, 0.15) is 0 Å². The number of hydrogen-bond donors (Lipinski definition) is 1. The number of nitrogens with zero attached hydrogens (tertiary/aromatic N) is 1. The highest BCUT2D eigenvalue weighted by atomic mass is 35.5. The Morgan fingerprint density at radius 2 is 1.92 bits per heavy atom. The fourth-order valence-electron chi connectivity index (χ4n) is 0.739. The van der Waals surface area contributed by atoms with Crippen molar-refractivity contribution in [3.8, 4) is 0 Å². The van der Waals surface area contributed by atoms with Crippen molar-refractivity contribution in [3.05, 3.63) is 34.4 Å². The van der Waals surface area contributed by atoms with Crippen LogP contribution in [0, 0.1) is 11.6 Å². The van der Waals surface area contributed by atoms with Crippen LogP contribution in [0.3, 0.4) is 0 Å². The normalized spacial score (nSPS) is 11.8. The standard InChI is InChI=1S/C7H3Cl2F2NO/c8-4-2-1-3(7(9)12-13)5(10)6(4)11/h1-2,13H. The fourth-order valence-corrected chi connectivity index (χ4v) is 1.03. The van der Waals surface area contributed by atoms with Crippen molar-refractivity contribution < 1.29 is 14.0 Å². The molecule has 0 heterocycles. The number of rotatable bonds is 1. The molecule has 13 heavy (non-hydrogen) atoms. The Bertz CT molecular complexity index is 368. The molecule has 6 heteroatoms. The van der Waals surface area contributed by atoms with Gasteiger partial charge in [-0.25, -0.2) is 8.78 Å². The second kappa shape index (κ2) is 3.89. The first kappa shape index (κ1) is 10.2. The Morgan fingerprint density at radius 1 is 1.31 bits per heavy atom. The molecule has 1 N–H and O–H groups in total. The van der Waals surface area contributed by atoms with Gasteiger partial charge in [-0.15, -0.1) is 0 Å². The van der Waals surface area contributed by atoms with Crippen molar-refractivity contribution in [2.45, 2.75) is 0 Å². The summed E-state index contributed by atoms with van der Waals surface area (Å²) >= 11 is 10.5. The van der Waals surface area contributed by atoms with Gasteiger partial charge in [0.15, 0.2) is 16.8 Å². The van der Waals surface area contributed by atoms with E-state index in [0.717, 1.165) is 12.1 Å². The quantitative estimate of drug-likeness (QED) is 0.339. The van der Waals surface area contributed by atoms with Crippen molar-refractivity contribution in [3.63, 3.8) is 0 Å². The van der Waals surface area contributed by atoms with Crippen LogP contribution in [0.15, 0.2) is 17.3 Å². The zero-order valence-electron chi connectivity index (χ0n) is 6.06. The minimum atomic E-state index is -1.24. The minimum absolute atomic E-state index is 0.342. The molecule has 1 aromatic rings. The van der Waals surface area contributed by atoms with Gasteiger partial charge in [0.05, 0.1) is 10.6 Å². The van der Waals surface area contributed by atoms with Crippen LogP contribution in [0.25, 0.3) is 0 Å². The molecule has 0 aliphatic heterocycles. The third-order valence-corrected chi connectivity index (χ3v) is 1.92. The number of benzene rings is 1. The first-order valence-electron chi connectivity index (χ1n) is 3.09. The van der Waals surface area contributed by atoms with Gasteiger partial charge in [-0.2, -0.15) is 0 Å². The number of halogens is 4. The summed E-state index contributed by atoms with van der Waals surface area (Å²) in [6.07, 6.45) is 0. The molecule has 0 amide bonds. The first-order chi connectivity index (χ1) is 6.07. The average molecular weight is 226 g/mol. The Morgan fingerprint density at radius 3 is 2.46 bits per heavy atom. The van der Waals surface area contributed by atoms with E-state index in [2.05, 4.69) is 5.16 Å².